The van der Waals surface area contributed by atoms with Crippen molar-refractivity contribution in [3.8, 4) is 5.13 Å². The van der Waals surface area contributed by atoms with Crippen molar-refractivity contribution in [2.75, 3.05) is 13.1 Å². The van der Waals surface area contributed by atoms with Crippen LogP contribution in [0.2, 0.25) is 0 Å². The van der Waals surface area contributed by atoms with Crippen molar-refractivity contribution in [3.63, 3.8) is 0 Å². The number of carbonyl (C=O) groups is 2. The van der Waals surface area contributed by atoms with Crippen LogP contribution in [0.1, 0.15) is 35.1 Å². The van der Waals surface area contributed by atoms with Crippen LogP contribution in [0.25, 0.3) is 5.13 Å². The van der Waals surface area contributed by atoms with Gasteiger partial charge in [0.2, 0.25) is 0 Å². The van der Waals surface area contributed by atoms with E-state index in [2.05, 4.69) is 4.98 Å². The molecule has 1 fully saturated rings. The molecule has 3 rings (SSSR count). The molecule has 2 unspecified atom stereocenters. The lowest BCUT2D eigenvalue weighted by Gasteiger charge is -2.34. The van der Waals surface area contributed by atoms with E-state index < -0.39 is 11.9 Å². The van der Waals surface area contributed by atoms with Gasteiger partial charge in [-0.25, -0.2) is 4.98 Å². The summed E-state index contributed by atoms with van der Waals surface area (Å²) >= 11 is 1.52. The molecule has 2 atom stereocenters. The number of amides is 1. The molecule has 0 radical (unpaired) electrons. The zero-order valence-corrected chi connectivity index (χ0v) is 14.8. The molecule has 0 saturated carbocycles. The molecule has 0 aliphatic carbocycles. The van der Waals surface area contributed by atoms with Crippen LogP contribution in [-0.4, -0.2) is 44.5 Å². The van der Waals surface area contributed by atoms with Gasteiger partial charge in [0, 0.05) is 36.1 Å². The molecule has 128 valence electrons. The van der Waals surface area contributed by atoms with E-state index in [-0.39, 0.29) is 18.4 Å². The smallest absolute Gasteiger partial charge is 0.308 e. The lowest BCUT2D eigenvalue weighted by Crippen LogP contribution is -2.45. The molecule has 1 saturated heterocycles. The number of carboxylic acids is 1. The number of likely N-dealkylation sites (tertiary alicyclic amines) is 1. The summed E-state index contributed by atoms with van der Waals surface area (Å²) in [7, 11) is 0. The van der Waals surface area contributed by atoms with Gasteiger partial charge in [-0.05, 0) is 32.3 Å². The molecule has 0 aromatic carbocycles. The first kappa shape index (κ1) is 16.7. The molecule has 2 aromatic heterocycles. The quantitative estimate of drug-likeness (QED) is 0.926. The molecule has 1 aliphatic rings. The number of hydrogen-bond acceptors (Lipinski definition) is 4. The highest BCUT2D eigenvalue weighted by atomic mass is 32.1. The minimum atomic E-state index is -0.826. The maximum absolute atomic E-state index is 13.0. The molecule has 6 nitrogen and oxygen atoms in total. The summed E-state index contributed by atoms with van der Waals surface area (Å²) in [6, 6.07) is 1.87. The topological polar surface area (TPSA) is 75.4 Å². The van der Waals surface area contributed by atoms with Gasteiger partial charge >= 0.3 is 5.97 Å². The Kier molecular flexibility index (Phi) is 4.45. The monoisotopic (exact) mass is 347 g/mol. The summed E-state index contributed by atoms with van der Waals surface area (Å²) in [6.07, 6.45) is 2.36. The molecule has 1 aliphatic heterocycles. The van der Waals surface area contributed by atoms with E-state index in [1.54, 1.807) is 11.1 Å². The predicted molar refractivity (Wildman–Crippen MR) is 91.7 cm³/mol. The number of aryl methyl sites for hydroxylation is 1. The van der Waals surface area contributed by atoms with E-state index in [4.69, 9.17) is 0 Å². The van der Waals surface area contributed by atoms with E-state index >= 15 is 0 Å². The van der Waals surface area contributed by atoms with Crippen LogP contribution < -0.4 is 0 Å². The van der Waals surface area contributed by atoms with E-state index in [0.29, 0.717) is 18.5 Å². The molecule has 7 heteroatoms. The van der Waals surface area contributed by atoms with E-state index in [9.17, 15) is 14.7 Å². The van der Waals surface area contributed by atoms with Gasteiger partial charge in [-0.2, -0.15) is 0 Å². The average Bonchev–Trinajstić information content (AvgIpc) is 3.14. The van der Waals surface area contributed by atoms with Crippen molar-refractivity contribution < 1.29 is 14.7 Å². The predicted octanol–water partition coefficient (Wildman–Crippen LogP) is 2.73. The molecular weight excluding hydrogens is 326 g/mol. The number of piperidine rings is 1. The van der Waals surface area contributed by atoms with Crippen molar-refractivity contribution in [1.82, 2.24) is 14.5 Å². The molecular formula is C17H21N3O3S. The second kappa shape index (κ2) is 6.39. The van der Waals surface area contributed by atoms with Gasteiger partial charge in [0.05, 0.1) is 11.5 Å². The number of nitrogens with zero attached hydrogens (tertiary/aromatic N) is 3. The molecule has 24 heavy (non-hydrogen) atoms. The third kappa shape index (κ3) is 2.96. The van der Waals surface area contributed by atoms with Crippen LogP contribution in [0.4, 0.5) is 0 Å². The molecule has 0 bridgehead atoms. The molecule has 3 heterocycles. The first-order valence-electron chi connectivity index (χ1n) is 7.99. The number of aliphatic carboxylic acids is 1. The number of rotatable bonds is 3. The summed E-state index contributed by atoms with van der Waals surface area (Å²) in [6.45, 7) is 6.73. The van der Waals surface area contributed by atoms with Crippen molar-refractivity contribution in [2.45, 2.75) is 27.2 Å². The Balaban J connectivity index is 1.90. The lowest BCUT2D eigenvalue weighted by atomic mass is 9.90. The van der Waals surface area contributed by atoms with Crippen molar-refractivity contribution in [1.29, 1.82) is 0 Å². The summed E-state index contributed by atoms with van der Waals surface area (Å²) in [5.41, 5.74) is 2.42. The largest absolute Gasteiger partial charge is 0.481 e. The third-order valence-corrected chi connectivity index (χ3v) is 5.32. The van der Waals surface area contributed by atoms with E-state index in [1.165, 1.54) is 11.3 Å². The Bertz CT molecular complexity index is 766. The highest BCUT2D eigenvalue weighted by molar-refractivity contribution is 7.12. The van der Waals surface area contributed by atoms with Gasteiger partial charge < -0.3 is 10.0 Å². The van der Waals surface area contributed by atoms with Crippen LogP contribution in [0.15, 0.2) is 17.6 Å². The van der Waals surface area contributed by atoms with Crippen LogP contribution in [0, 0.1) is 25.7 Å². The Morgan fingerprint density at radius 3 is 2.71 bits per heavy atom. The molecule has 2 aromatic rings. The van der Waals surface area contributed by atoms with Crippen molar-refractivity contribution >= 4 is 23.2 Å². The Morgan fingerprint density at radius 1 is 1.33 bits per heavy atom. The zero-order chi connectivity index (χ0) is 17.4. The number of thiazole rings is 1. The van der Waals surface area contributed by atoms with Crippen molar-refractivity contribution in [2.24, 2.45) is 11.8 Å². The number of aromatic nitrogens is 2. The van der Waals surface area contributed by atoms with E-state index in [1.807, 2.05) is 36.8 Å². The summed E-state index contributed by atoms with van der Waals surface area (Å²) < 4.78 is 1.97. The maximum atomic E-state index is 13.0. The minimum absolute atomic E-state index is 0.0938. The summed E-state index contributed by atoms with van der Waals surface area (Å²) in [5.74, 6) is -1.22. The van der Waals surface area contributed by atoms with Crippen LogP contribution >= 0.6 is 11.3 Å². The Morgan fingerprint density at radius 2 is 2.08 bits per heavy atom. The number of carboxylic acid groups (broad SMARTS) is 1. The van der Waals surface area contributed by atoms with Gasteiger partial charge in [0.1, 0.15) is 0 Å². The van der Waals surface area contributed by atoms with Gasteiger partial charge in [0.15, 0.2) is 5.13 Å². The maximum Gasteiger partial charge on any atom is 0.308 e. The second-order valence-corrected chi connectivity index (χ2v) is 7.39. The Hall–Kier alpha value is -2.15. The fourth-order valence-electron chi connectivity index (χ4n) is 3.47. The van der Waals surface area contributed by atoms with E-state index in [0.717, 1.165) is 16.5 Å². The number of hydrogen-bond donors (Lipinski definition) is 1. The third-order valence-electron chi connectivity index (χ3n) is 4.57. The highest BCUT2D eigenvalue weighted by Crippen LogP contribution is 2.27. The zero-order valence-electron chi connectivity index (χ0n) is 14.0. The van der Waals surface area contributed by atoms with Gasteiger partial charge in [-0.15, -0.1) is 11.3 Å². The summed E-state index contributed by atoms with van der Waals surface area (Å²) in [5, 5.41) is 12.0. The van der Waals surface area contributed by atoms with Gasteiger partial charge in [0.25, 0.3) is 5.91 Å². The fourth-order valence-corrected chi connectivity index (χ4v) is 4.22. The van der Waals surface area contributed by atoms with Crippen LogP contribution in [-0.2, 0) is 4.79 Å². The standard InChI is InChI=1S/C17H21N3O3S/c1-10-6-13(16(22)23)9-19(8-10)15(21)14-7-11(2)20(12(14)3)17-18-4-5-24-17/h4-5,7,10,13H,6,8-9H2,1-3H3,(H,22,23). The molecule has 1 N–H and O–H groups in total. The van der Waals surface area contributed by atoms with Gasteiger partial charge in [-0.3, -0.25) is 14.2 Å². The second-order valence-electron chi connectivity index (χ2n) is 6.52. The Labute approximate surface area is 144 Å². The first-order valence-corrected chi connectivity index (χ1v) is 8.87. The van der Waals surface area contributed by atoms with Gasteiger partial charge in [-0.1, -0.05) is 6.92 Å². The first-order chi connectivity index (χ1) is 11.4. The van der Waals surface area contributed by atoms with Crippen LogP contribution in [0.5, 0.6) is 0 Å². The lowest BCUT2D eigenvalue weighted by molar-refractivity contribution is -0.143. The fraction of sp³-hybridized carbons (Fsp3) is 0.471. The van der Waals surface area contributed by atoms with Crippen molar-refractivity contribution in [3.05, 3.63) is 34.6 Å². The summed E-state index contributed by atoms with van der Waals surface area (Å²) in [4.78, 5) is 30.3. The minimum Gasteiger partial charge on any atom is -0.481 e. The number of carbonyl (C=O) groups excluding carboxylic acids is 1. The SMILES string of the molecule is Cc1cc(C(=O)N2CC(C)CC(C(=O)O)C2)c(C)n1-c1nccs1. The molecule has 0 spiro atoms. The normalized spacial score (nSPS) is 21.0. The molecule has 1 amide bonds. The average molecular weight is 347 g/mol. The van der Waals surface area contributed by atoms with Crippen LogP contribution in [0.3, 0.4) is 0 Å². The highest BCUT2D eigenvalue weighted by Gasteiger charge is 2.33.